The zero-order valence-electron chi connectivity index (χ0n) is 18.3. The van der Waals surface area contributed by atoms with Crippen LogP contribution in [0.1, 0.15) is 23.2 Å². The number of hydrogen-bond donors (Lipinski definition) is 3. The fourth-order valence-corrected chi connectivity index (χ4v) is 3.46. The van der Waals surface area contributed by atoms with Crippen molar-refractivity contribution in [3.63, 3.8) is 0 Å². The minimum Gasteiger partial charge on any atom is -0.475 e. The van der Waals surface area contributed by atoms with Crippen LogP contribution in [0.3, 0.4) is 0 Å². The highest BCUT2D eigenvalue weighted by Crippen LogP contribution is 2.25. The van der Waals surface area contributed by atoms with Gasteiger partial charge in [0.05, 0.1) is 0 Å². The first-order valence-corrected chi connectivity index (χ1v) is 10.7. The van der Waals surface area contributed by atoms with Crippen molar-refractivity contribution < 1.29 is 28.2 Å². The highest BCUT2D eigenvalue weighted by Gasteiger charge is 2.38. The number of thiazole rings is 1. The molecule has 1 atom stereocenters. The largest absolute Gasteiger partial charge is 0.490 e. The first-order valence-electron chi connectivity index (χ1n) is 9.83. The minimum atomic E-state index is -5.08. The number of aliphatic hydroxyl groups is 1. The van der Waals surface area contributed by atoms with Gasteiger partial charge in [-0.15, -0.1) is 11.3 Å². The summed E-state index contributed by atoms with van der Waals surface area (Å²) in [7, 11) is 0. The van der Waals surface area contributed by atoms with Crippen LogP contribution in [0.5, 0.6) is 0 Å². The molecule has 180 valence electrons. The van der Waals surface area contributed by atoms with Gasteiger partial charge in [-0.3, -0.25) is 0 Å². The molecule has 3 heterocycles. The highest BCUT2D eigenvalue weighted by molar-refractivity contribution is 7.09. The second-order valence-corrected chi connectivity index (χ2v) is 8.16. The quantitative estimate of drug-likeness (QED) is 0.352. The molecule has 0 saturated heterocycles. The molecule has 3 aromatic heterocycles. The number of aryl methyl sites for hydroxylation is 1. The number of rotatable bonds is 2. The van der Waals surface area contributed by atoms with Crippen LogP contribution in [-0.2, 0) is 10.4 Å². The number of carbonyl (C=O) groups is 1. The molecule has 1 aromatic carbocycles. The molecule has 0 bridgehead atoms. The number of benzene rings is 1. The number of aromatic nitrogens is 4. The van der Waals surface area contributed by atoms with Crippen molar-refractivity contribution in [1.29, 1.82) is 0 Å². The molecule has 0 fully saturated rings. The van der Waals surface area contributed by atoms with Crippen molar-refractivity contribution in [3.8, 4) is 23.2 Å². The molecular formula is C23H18F3N5O3S. The maximum Gasteiger partial charge on any atom is 0.490 e. The predicted molar refractivity (Wildman–Crippen MR) is 124 cm³/mol. The van der Waals surface area contributed by atoms with Gasteiger partial charge in [-0.05, 0) is 32.0 Å². The molecule has 4 N–H and O–H groups in total. The van der Waals surface area contributed by atoms with Crippen LogP contribution in [0, 0.1) is 18.8 Å². The van der Waals surface area contributed by atoms with Gasteiger partial charge in [0.1, 0.15) is 16.3 Å². The molecule has 0 aliphatic carbocycles. The number of nitrogens with zero attached hydrogens (tertiary/aromatic N) is 4. The van der Waals surface area contributed by atoms with Crippen LogP contribution in [0.25, 0.3) is 22.3 Å². The van der Waals surface area contributed by atoms with Gasteiger partial charge in [-0.1, -0.05) is 24.0 Å². The first kappa shape index (κ1) is 25.5. The summed E-state index contributed by atoms with van der Waals surface area (Å²) >= 11 is 1.37. The predicted octanol–water partition coefficient (Wildman–Crippen LogP) is 3.93. The lowest BCUT2D eigenvalue weighted by Crippen LogP contribution is -2.21. The lowest BCUT2D eigenvalue weighted by Gasteiger charge is -2.12. The van der Waals surface area contributed by atoms with Crippen molar-refractivity contribution in [2.45, 2.75) is 25.6 Å². The van der Waals surface area contributed by atoms with E-state index in [1.54, 1.807) is 19.3 Å². The van der Waals surface area contributed by atoms with Crippen molar-refractivity contribution in [2.24, 2.45) is 0 Å². The van der Waals surface area contributed by atoms with Gasteiger partial charge in [0.2, 0.25) is 0 Å². The summed E-state index contributed by atoms with van der Waals surface area (Å²) < 4.78 is 31.7. The Morgan fingerprint density at radius 3 is 2.49 bits per heavy atom. The molecule has 35 heavy (non-hydrogen) atoms. The molecule has 4 aromatic rings. The number of nitrogen functional groups attached to an aromatic ring is 1. The molecule has 0 amide bonds. The molecular weight excluding hydrogens is 483 g/mol. The normalized spacial score (nSPS) is 12.6. The van der Waals surface area contributed by atoms with Crippen molar-refractivity contribution in [1.82, 2.24) is 19.9 Å². The number of aliphatic carboxylic acids is 1. The van der Waals surface area contributed by atoms with Gasteiger partial charge in [-0.2, -0.15) is 13.2 Å². The van der Waals surface area contributed by atoms with Crippen LogP contribution in [0.4, 0.5) is 19.0 Å². The number of alkyl halides is 3. The fraction of sp³-hybridized carbons (Fsp3) is 0.174. The molecule has 8 nitrogen and oxygen atoms in total. The lowest BCUT2D eigenvalue weighted by molar-refractivity contribution is -0.192. The van der Waals surface area contributed by atoms with E-state index in [9.17, 15) is 18.3 Å². The summed E-state index contributed by atoms with van der Waals surface area (Å²) in [6.45, 7) is 3.55. The molecule has 0 aliphatic heterocycles. The van der Waals surface area contributed by atoms with Crippen molar-refractivity contribution in [2.75, 3.05) is 5.73 Å². The van der Waals surface area contributed by atoms with E-state index in [1.807, 2.05) is 42.6 Å². The number of carboxylic acid groups (broad SMARTS) is 1. The SMILES string of the molecule is Cc1nc(-c2cccc(C#CC(C)(O)c3nccs3)c2)nc2c(N)nccc12.O=C(O)C(F)(F)F. The maximum atomic E-state index is 10.6. The summed E-state index contributed by atoms with van der Waals surface area (Å²) in [5.74, 6) is 4.08. The third-order valence-corrected chi connectivity index (χ3v) is 5.48. The van der Waals surface area contributed by atoms with Gasteiger partial charge in [0.15, 0.2) is 11.4 Å². The van der Waals surface area contributed by atoms with E-state index in [2.05, 4.69) is 31.8 Å². The smallest absolute Gasteiger partial charge is 0.475 e. The number of halogens is 3. The second-order valence-electron chi connectivity index (χ2n) is 7.27. The van der Waals surface area contributed by atoms with E-state index in [4.69, 9.17) is 15.6 Å². The van der Waals surface area contributed by atoms with Crippen molar-refractivity contribution in [3.05, 3.63) is 64.4 Å². The summed E-state index contributed by atoms with van der Waals surface area (Å²) in [6.07, 6.45) is -1.78. The van der Waals surface area contributed by atoms with E-state index >= 15 is 0 Å². The highest BCUT2D eigenvalue weighted by atomic mass is 32.1. The molecule has 0 spiro atoms. The number of nitrogens with two attached hydrogens (primary N) is 1. The van der Waals surface area contributed by atoms with E-state index in [-0.39, 0.29) is 0 Å². The third kappa shape index (κ3) is 6.28. The Labute approximate surface area is 201 Å². The monoisotopic (exact) mass is 501 g/mol. The minimum absolute atomic E-state index is 0.375. The number of anilines is 1. The van der Waals surface area contributed by atoms with Crippen LogP contribution < -0.4 is 5.73 Å². The fourth-order valence-electron chi connectivity index (χ4n) is 2.81. The Morgan fingerprint density at radius 2 is 1.86 bits per heavy atom. The maximum absolute atomic E-state index is 10.6. The number of pyridine rings is 1. The molecule has 0 saturated carbocycles. The Hall–Kier alpha value is -4.08. The molecule has 0 radical (unpaired) electrons. The van der Waals surface area contributed by atoms with E-state index in [1.165, 1.54) is 11.3 Å². The van der Waals surface area contributed by atoms with Gasteiger partial charge in [0, 0.05) is 40.0 Å². The summed E-state index contributed by atoms with van der Waals surface area (Å²) in [6, 6.07) is 9.41. The Bertz CT molecular complexity index is 1430. The lowest BCUT2D eigenvalue weighted by atomic mass is 10.1. The molecule has 0 aliphatic rings. The van der Waals surface area contributed by atoms with Crippen LogP contribution >= 0.6 is 11.3 Å². The standard InChI is InChI=1S/C21H17N5OS.C2HF3O2/c1-13-16-7-9-23-18(22)17(16)26-19(25-13)15-5-3-4-14(12-15)6-8-21(2,27)20-24-10-11-28-20;3-2(4,5)1(6)7/h3-5,7,9-12,27H,1-2H3,(H2,22,23);(H,6,7). The summed E-state index contributed by atoms with van der Waals surface area (Å²) in [5.41, 5.74) is 7.70. The van der Waals surface area contributed by atoms with E-state index in [0.29, 0.717) is 22.2 Å². The van der Waals surface area contributed by atoms with Gasteiger partial charge >= 0.3 is 12.1 Å². The zero-order valence-corrected chi connectivity index (χ0v) is 19.1. The van der Waals surface area contributed by atoms with Gasteiger partial charge in [0.25, 0.3) is 0 Å². The Kier molecular flexibility index (Phi) is 7.33. The molecule has 4 rings (SSSR count). The van der Waals surface area contributed by atoms with Gasteiger partial charge in [-0.25, -0.2) is 24.7 Å². The summed E-state index contributed by atoms with van der Waals surface area (Å²) in [4.78, 5) is 26.3. The number of hydrogen-bond acceptors (Lipinski definition) is 8. The topological polar surface area (TPSA) is 135 Å². The Morgan fingerprint density at radius 1 is 1.14 bits per heavy atom. The summed E-state index contributed by atoms with van der Waals surface area (Å²) in [5, 5.41) is 20.9. The first-order chi connectivity index (χ1) is 16.4. The van der Waals surface area contributed by atoms with Crippen molar-refractivity contribution >= 4 is 34.0 Å². The average molecular weight is 501 g/mol. The molecule has 12 heteroatoms. The Balaban J connectivity index is 0.000000429. The molecule has 1 unspecified atom stereocenters. The van der Waals surface area contributed by atoms with E-state index < -0.39 is 17.7 Å². The number of carboxylic acids is 1. The average Bonchev–Trinajstić information content (AvgIpc) is 3.35. The van der Waals surface area contributed by atoms with Crippen LogP contribution in [0.2, 0.25) is 0 Å². The van der Waals surface area contributed by atoms with E-state index in [0.717, 1.165) is 22.2 Å². The van der Waals surface area contributed by atoms with Crippen LogP contribution in [-0.4, -0.2) is 42.3 Å². The second kappa shape index (κ2) is 10.0. The third-order valence-electron chi connectivity index (χ3n) is 4.50. The number of fused-ring (bicyclic) bond motifs is 1. The van der Waals surface area contributed by atoms with Crippen LogP contribution in [0.15, 0.2) is 48.1 Å². The van der Waals surface area contributed by atoms with Gasteiger partial charge < -0.3 is 15.9 Å². The zero-order chi connectivity index (χ0) is 25.8.